The molecule has 3 unspecified atom stereocenters. The van der Waals surface area contributed by atoms with E-state index in [2.05, 4.69) is 44.8 Å². The van der Waals surface area contributed by atoms with E-state index in [4.69, 9.17) is 0 Å². The zero-order chi connectivity index (χ0) is 12.3. The number of nitrogens with one attached hydrogen (secondary N) is 1. The summed E-state index contributed by atoms with van der Waals surface area (Å²) in [6.07, 6.45) is 1.28. The zero-order valence-electron chi connectivity index (χ0n) is 11.5. The third-order valence-corrected chi connectivity index (χ3v) is 3.45. The van der Waals surface area contributed by atoms with Gasteiger partial charge in [0.05, 0.1) is 12.1 Å². The molecule has 1 fully saturated rings. The predicted molar refractivity (Wildman–Crippen MR) is 68.6 cm³/mol. The third kappa shape index (κ3) is 3.72. The average Bonchev–Trinajstić information content (AvgIpc) is 2.43. The lowest BCUT2D eigenvalue weighted by Crippen LogP contribution is -2.56. The maximum atomic E-state index is 9.56. The summed E-state index contributed by atoms with van der Waals surface area (Å²) in [5, 5.41) is 13.0. The minimum Gasteiger partial charge on any atom is -0.394 e. The Morgan fingerprint density at radius 3 is 2.44 bits per heavy atom. The molecule has 3 nitrogen and oxygen atoms in total. The van der Waals surface area contributed by atoms with Crippen LogP contribution in [0.3, 0.4) is 0 Å². The number of rotatable bonds is 5. The Kier molecular flexibility index (Phi) is 4.77. The van der Waals surface area contributed by atoms with Gasteiger partial charge in [0.15, 0.2) is 0 Å². The van der Waals surface area contributed by atoms with Crippen LogP contribution in [0.25, 0.3) is 0 Å². The van der Waals surface area contributed by atoms with Crippen LogP contribution in [0.4, 0.5) is 0 Å². The fourth-order valence-corrected chi connectivity index (χ4v) is 2.89. The number of nitrogens with zero attached hydrogens (tertiary/aromatic N) is 1. The monoisotopic (exact) mass is 228 g/mol. The summed E-state index contributed by atoms with van der Waals surface area (Å²) in [4.78, 5) is 2.50. The molecule has 0 saturated carbocycles. The van der Waals surface area contributed by atoms with Crippen molar-refractivity contribution in [3.63, 3.8) is 0 Å². The summed E-state index contributed by atoms with van der Waals surface area (Å²) in [5.74, 6) is 0.789. The van der Waals surface area contributed by atoms with Crippen LogP contribution < -0.4 is 5.32 Å². The number of hydrogen-bond acceptors (Lipinski definition) is 3. The number of aliphatic hydroxyl groups is 1. The topological polar surface area (TPSA) is 35.5 Å². The lowest BCUT2D eigenvalue weighted by atomic mass is 10.0. The smallest absolute Gasteiger partial charge is 0.0623 e. The highest BCUT2D eigenvalue weighted by Crippen LogP contribution is 2.24. The van der Waals surface area contributed by atoms with E-state index in [1.54, 1.807) is 0 Å². The molecule has 0 aromatic heterocycles. The fourth-order valence-electron chi connectivity index (χ4n) is 2.89. The highest BCUT2D eigenvalue weighted by Gasteiger charge is 2.33. The Morgan fingerprint density at radius 1 is 1.44 bits per heavy atom. The molecular formula is C13H28N2O. The highest BCUT2D eigenvalue weighted by molar-refractivity contribution is 4.91. The average molecular weight is 228 g/mol. The van der Waals surface area contributed by atoms with Crippen molar-refractivity contribution in [2.75, 3.05) is 19.7 Å². The summed E-state index contributed by atoms with van der Waals surface area (Å²) in [6, 6.07) is 1.06. The van der Waals surface area contributed by atoms with Crippen molar-refractivity contribution in [2.45, 2.75) is 58.7 Å². The first kappa shape index (κ1) is 13.9. The van der Waals surface area contributed by atoms with Gasteiger partial charge in [-0.2, -0.15) is 0 Å². The van der Waals surface area contributed by atoms with Gasteiger partial charge in [-0.25, -0.2) is 0 Å². The summed E-state index contributed by atoms with van der Waals surface area (Å²) in [5.41, 5.74) is -0.174. The lowest BCUT2D eigenvalue weighted by Gasteiger charge is -2.36. The summed E-state index contributed by atoms with van der Waals surface area (Å²) in [6.45, 7) is 13.3. The van der Waals surface area contributed by atoms with Crippen LogP contribution in [0.5, 0.6) is 0 Å². The summed E-state index contributed by atoms with van der Waals surface area (Å²) >= 11 is 0. The van der Waals surface area contributed by atoms with Gasteiger partial charge in [0.1, 0.15) is 0 Å². The van der Waals surface area contributed by atoms with Gasteiger partial charge in [0, 0.05) is 25.2 Å². The molecule has 0 aromatic carbocycles. The second-order valence-corrected chi connectivity index (χ2v) is 6.14. The molecule has 0 aromatic rings. The van der Waals surface area contributed by atoms with Crippen LogP contribution in [0.15, 0.2) is 0 Å². The molecule has 1 aliphatic rings. The lowest BCUT2D eigenvalue weighted by molar-refractivity contribution is 0.109. The molecule has 16 heavy (non-hydrogen) atoms. The molecular weight excluding hydrogens is 200 g/mol. The van der Waals surface area contributed by atoms with E-state index in [0.29, 0.717) is 12.1 Å². The Hall–Kier alpha value is -0.120. The zero-order valence-corrected chi connectivity index (χ0v) is 11.5. The number of aliphatic hydroxyl groups excluding tert-OH is 1. The van der Waals surface area contributed by atoms with Gasteiger partial charge in [-0.15, -0.1) is 0 Å². The van der Waals surface area contributed by atoms with Crippen molar-refractivity contribution in [3.05, 3.63) is 0 Å². The molecule has 1 heterocycles. The SMILES string of the molecule is CC1CC(C)N(CC(C)(CO)NC(C)C)C1. The van der Waals surface area contributed by atoms with Crippen LogP contribution in [-0.4, -0.2) is 47.3 Å². The number of likely N-dealkylation sites (tertiary alicyclic amines) is 1. The highest BCUT2D eigenvalue weighted by atomic mass is 16.3. The van der Waals surface area contributed by atoms with E-state index in [-0.39, 0.29) is 12.1 Å². The standard InChI is InChI=1S/C13H28N2O/c1-10(2)14-13(5,9-16)8-15-7-11(3)6-12(15)4/h10-12,14,16H,6-9H2,1-5H3. The maximum absolute atomic E-state index is 9.56. The first-order chi connectivity index (χ1) is 7.36. The molecule has 0 radical (unpaired) electrons. The van der Waals surface area contributed by atoms with Gasteiger partial charge in [-0.1, -0.05) is 20.8 Å². The molecule has 96 valence electrons. The van der Waals surface area contributed by atoms with Crippen molar-refractivity contribution < 1.29 is 5.11 Å². The van der Waals surface area contributed by atoms with Crippen LogP contribution in [-0.2, 0) is 0 Å². The molecule has 0 bridgehead atoms. The molecule has 1 saturated heterocycles. The van der Waals surface area contributed by atoms with Crippen molar-refractivity contribution in [1.82, 2.24) is 10.2 Å². The Balaban J connectivity index is 2.55. The van der Waals surface area contributed by atoms with Crippen LogP contribution in [0, 0.1) is 5.92 Å². The molecule has 2 N–H and O–H groups in total. The van der Waals surface area contributed by atoms with Gasteiger partial charge >= 0.3 is 0 Å². The van der Waals surface area contributed by atoms with Gasteiger partial charge in [0.2, 0.25) is 0 Å². The predicted octanol–water partition coefficient (Wildman–Crippen LogP) is 1.47. The number of hydrogen-bond donors (Lipinski definition) is 2. The molecule has 1 aliphatic heterocycles. The van der Waals surface area contributed by atoms with Gasteiger partial charge in [-0.3, -0.25) is 4.90 Å². The minimum atomic E-state index is -0.174. The van der Waals surface area contributed by atoms with E-state index in [9.17, 15) is 5.11 Å². The largest absolute Gasteiger partial charge is 0.394 e. The molecule has 1 rings (SSSR count). The van der Waals surface area contributed by atoms with E-state index < -0.39 is 0 Å². The molecule has 0 amide bonds. The van der Waals surface area contributed by atoms with Crippen LogP contribution >= 0.6 is 0 Å². The van der Waals surface area contributed by atoms with E-state index in [1.807, 2.05) is 0 Å². The normalized spacial score (nSPS) is 30.9. The van der Waals surface area contributed by atoms with Crippen molar-refractivity contribution in [1.29, 1.82) is 0 Å². The van der Waals surface area contributed by atoms with Crippen molar-refractivity contribution >= 4 is 0 Å². The van der Waals surface area contributed by atoms with Gasteiger partial charge in [-0.05, 0) is 26.2 Å². The second kappa shape index (κ2) is 5.48. The van der Waals surface area contributed by atoms with Crippen LogP contribution in [0.1, 0.15) is 41.0 Å². The van der Waals surface area contributed by atoms with Crippen LogP contribution in [0.2, 0.25) is 0 Å². The summed E-state index contributed by atoms with van der Waals surface area (Å²) in [7, 11) is 0. The second-order valence-electron chi connectivity index (χ2n) is 6.14. The van der Waals surface area contributed by atoms with Gasteiger partial charge in [0.25, 0.3) is 0 Å². The summed E-state index contributed by atoms with van der Waals surface area (Å²) < 4.78 is 0. The van der Waals surface area contributed by atoms with E-state index in [1.165, 1.54) is 6.42 Å². The van der Waals surface area contributed by atoms with E-state index >= 15 is 0 Å². The van der Waals surface area contributed by atoms with Crippen molar-refractivity contribution in [2.24, 2.45) is 5.92 Å². The quantitative estimate of drug-likeness (QED) is 0.748. The molecule has 0 spiro atoms. The first-order valence-corrected chi connectivity index (χ1v) is 6.49. The fraction of sp³-hybridized carbons (Fsp3) is 1.00. The molecule has 3 atom stereocenters. The Labute approximate surface area is 100 Å². The van der Waals surface area contributed by atoms with E-state index in [0.717, 1.165) is 19.0 Å². The Morgan fingerprint density at radius 2 is 2.06 bits per heavy atom. The maximum Gasteiger partial charge on any atom is 0.0623 e. The minimum absolute atomic E-state index is 0.174. The Bertz CT molecular complexity index is 220. The van der Waals surface area contributed by atoms with Crippen molar-refractivity contribution in [3.8, 4) is 0 Å². The van der Waals surface area contributed by atoms with Gasteiger partial charge < -0.3 is 10.4 Å². The third-order valence-electron chi connectivity index (χ3n) is 3.45. The first-order valence-electron chi connectivity index (χ1n) is 6.49. The molecule has 0 aliphatic carbocycles. The molecule has 3 heteroatoms.